The summed E-state index contributed by atoms with van der Waals surface area (Å²) in [6.07, 6.45) is 0.0192. The lowest BCUT2D eigenvalue weighted by atomic mass is 9.87. The van der Waals surface area contributed by atoms with Gasteiger partial charge < -0.3 is 19.1 Å². The van der Waals surface area contributed by atoms with Crippen LogP contribution in [0.3, 0.4) is 0 Å². The van der Waals surface area contributed by atoms with Gasteiger partial charge in [0.1, 0.15) is 17.5 Å². The van der Waals surface area contributed by atoms with E-state index >= 15 is 8.78 Å². The van der Waals surface area contributed by atoms with Gasteiger partial charge in [-0.1, -0.05) is 19.9 Å². The first-order chi connectivity index (χ1) is 17.2. The lowest BCUT2D eigenvalue weighted by Gasteiger charge is -2.28. The van der Waals surface area contributed by atoms with Crippen LogP contribution in [-0.4, -0.2) is 45.9 Å². The number of aromatic nitrogens is 3. The first kappa shape index (κ1) is 23.9. The fourth-order valence-corrected chi connectivity index (χ4v) is 4.70. The lowest BCUT2D eigenvalue weighted by molar-refractivity contribution is 0.0601. The van der Waals surface area contributed by atoms with E-state index in [2.05, 4.69) is 18.8 Å². The number of halogens is 2. The SMILES string of the molecule is COC(=O)c1ccc2nc(Cc3cc(F)c(-c4cccc(O)n4)cc3F)n(C3COCC3(C)C)c2c1. The number of esters is 1. The van der Waals surface area contributed by atoms with Crippen molar-refractivity contribution in [3.63, 3.8) is 0 Å². The van der Waals surface area contributed by atoms with Crippen LogP contribution in [0.5, 0.6) is 5.88 Å². The van der Waals surface area contributed by atoms with Crippen molar-refractivity contribution in [3.05, 3.63) is 77.1 Å². The minimum absolute atomic E-state index is 0.0192. The normalized spacial score (nSPS) is 17.0. The number of imidazole rings is 1. The fourth-order valence-electron chi connectivity index (χ4n) is 4.70. The molecule has 1 aliphatic heterocycles. The van der Waals surface area contributed by atoms with Crippen LogP contribution in [0.2, 0.25) is 0 Å². The third-order valence-corrected chi connectivity index (χ3v) is 6.64. The average Bonchev–Trinajstić information content (AvgIpc) is 3.37. The van der Waals surface area contributed by atoms with E-state index in [0.717, 1.165) is 12.1 Å². The molecule has 0 radical (unpaired) electrons. The Labute approximate surface area is 206 Å². The van der Waals surface area contributed by atoms with Crippen LogP contribution in [0, 0.1) is 17.0 Å². The number of benzene rings is 2. The number of rotatable bonds is 5. The van der Waals surface area contributed by atoms with Crippen LogP contribution >= 0.6 is 0 Å². The van der Waals surface area contributed by atoms with Gasteiger partial charge >= 0.3 is 5.97 Å². The molecular weight excluding hydrogens is 468 g/mol. The third kappa shape index (κ3) is 4.19. The second-order valence-corrected chi connectivity index (χ2v) is 9.59. The van der Waals surface area contributed by atoms with Crippen molar-refractivity contribution < 1.29 is 28.2 Å². The molecule has 1 fully saturated rings. The molecule has 1 N–H and O–H groups in total. The number of aromatic hydroxyl groups is 1. The molecule has 1 unspecified atom stereocenters. The molecule has 0 saturated carbocycles. The minimum atomic E-state index is -0.662. The Bertz CT molecular complexity index is 1480. The molecule has 36 heavy (non-hydrogen) atoms. The van der Waals surface area contributed by atoms with Crippen LogP contribution in [-0.2, 0) is 15.9 Å². The molecule has 0 amide bonds. The number of fused-ring (bicyclic) bond motifs is 1. The van der Waals surface area contributed by atoms with Gasteiger partial charge in [-0.05, 0) is 42.0 Å². The van der Waals surface area contributed by atoms with Gasteiger partial charge in [0, 0.05) is 23.5 Å². The Morgan fingerprint density at radius 3 is 2.67 bits per heavy atom. The molecule has 9 heteroatoms. The Morgan fingerprint density at radius 1 is 1.17 bits per heavy atom. The summed E-state index contributed by atoms with van der Waals surface area (Å²) in [5.41, 5.74) is 1.64. The van der Waals surface area contributed by atoms with Crippen LogP contribution < -0.4 is 0 Å². The van der Waals surface area contributed by atoms with Crippen molar-refractivity contribution in [1.82, 2.24) is 14.5 Å². The Kier molecular flexibility index (Phi) is 5.96. The first-order valence-electron chi connectivity index (χ1n) is 11.5. The summed E-state index contributed by atoms with van der Waals surface area (Å²) >= 11 is 0. The molecule has 2 aromatic heterocycles. The van der Waals surface area contributed by atoms with Crippen LogP contribution in [0.1, 0.15) is 41.6 Å². The van der Waals surface area contributed by atoms with Crippen LogP contribution in [0.4, 0.5) is 8.78 Å². The van der Waals surface area contributed by atoms with Crippen LogP contribution in [0.25, 0.3) is 22.3 Å². The maximum atomic E-state index is 15.3. The smallest absolute Gasteiger partial charge is 0.337 e. The molecule has 1 aliphatic rings. The van der Waals surface area contributed by atoms with Gasteiger partial charge in [0.05, 0.1) is 48.7 Å². The van der Waals surface area contributed by atoms with Crippen molar-refractivity contribution in [2.75, 3.05) is 20.3 Å². The summed E-state index contributed by atoms with van der Waals surface area (Å²) in [5, 5.41) is 9.62. The van der Waals surface area contributed by atoms with E-state index in [9.17, 15) is 9.90 Å². The van der Waals surface area contributed by atoms with Gasteiger partial charge in [0.15, 0.2) is 0 Å². The van der Waals surface area contributed by atoms with Gasteiger partial charge in [0.2, 0.25) is 5.88 Å². The summed E-state index contributed by atoms with van der Waals surface area (Å²) in [7, 11) is 1.32. The third-order valence-electron chi connectivity index (χ3n) is 6.64. The molecular formula is C27H25F2N3O4. The highest BCUT2D eigenvalue weighted by atomic mass is 19.1. The first-order valence-corrected chi connectivity index (χ1v) is 11.5. The highest BCUT2D eigenvalue weighted by Gasteiger charge is 2.39. The molecule has 4 aromatic rings. The quantitative estimate of drug-likeness (QED) is 0.391. The predicted molar refractivity (Wildman–Crippen MR) is 129 cm³/mol. The summed E-state index contributed by atoms with van der Waals surface area (Å²) in [6, 6.07) is 11.5. The van der Waals surface area contributed by atoms with E-state index in [1.807, 2.05) is 4.57 Å². The lowest BCUT2D eigenvalue weighted by Crippen LogP contribution is -2.27. The number of carbonyl (C=O) groups is 1. The summed E-state index contributed by atoms with van der Waals surface area (Å²) in [6.45, 7) is 5.10. The number of ether oxygens (including phenoxy) is 2. The molecule has 0 aliphatic carbocycles. The second kappa shape index (κ2) is 8.98. The van der Waals surface area contributed by atoms with Gasteiger partial charge in [-0.2, -0.15) is 0 Å². The van der Waals surface area contributed by atoms with E-state index in [1.54, 1.807) is 18.2 Å². The molecule has 5 rings (SSSR count). The standard InChI is InChI=1S/C27H25F2N3O4/c1-27(2)14-36-13-23(27)32-22-10-15(26(34)35-3)7-8-21(22)30-24(32)11-16-9-19(29)17(12-18(16)28)20-5-4-6-25(33)31-20/h4-10,12,23H,11,13-14H2,1-3H3,(H,31,33). The topological polar surface area (TPSA) is 86.5 Å². The maximum absolute atomic E-state index is 15.3. The number of carbonyl (C=O) groups excluding carboxylic acids is 1. The van der Waals surface area contributed by atoms with Crippen molar-refractivity contribution in [3.8, 4) is 17.1 Å². The molecule has 186 valence electrons. The molecule has 3 heterocycles. The average molecular weight is 494 g/mol. The van der Waals surface area contributed by atoms with Crippen LogP contribution in [0.15, 0.2) is 48.5 Å². The number of nitrogens with zero attached hydrogens (tertiary/aromatic N) is 3. The molecule has 0 spiro atoms. The largest absolute Gasteiger partial charge is 0.493 e. The van der Waals surface area contributed by atoms with E-state index in [0.29, 0.717) is 35.6 Å². The van der Waals surface area contributed by atoms with Crippen molar-refractivity contribution in [2.24, 2.45) is 5.41 Å². The zero-order chi connectivity index (χ0) is 25.6. The van der Waals surface area contributed by atoms with E-state index in [1.165, 1.54) is 25.3 Å². The van der Waals surface area contributed by atoms with E-state index in [-0.39, 0.29) is 40.6 Å². The molecule has 2 aromatic carbocycles. The van der Waals surface area contributed by atoms with E-state index in [4.69, 9.17) is 14.5 Å². The Balaban J connectivity index is 1.61. The predicted octanol–water partition coefficient (Wildman–Crippen LogP) is 5.06. The van der Waals surface area contributed by atoms with Crippen molar-refractivity contribution in [2.45, 2.75) is 26.3 Å². The summed E-state index contributed by atoms with van der Waals surface area (Å²) < 4.78 is 42.9. The maximum Gasteiger partial charge on any atom is 0.337 e. The summed E-state index contributed by atoms with van der Waals surface area (Å²) in [4.78, 5) is 20.8. The van der Waals surface area contributed by atoms with Crippen molar-refractivity contribution >= 4 is 17.0 Å². The zero-order valence-corrected chi connectivity index (χ0v) is 20.1. The Hall–Kier alpha value is -3.85. The number of methoxy groups -OCH3 is 1. The minimum Gasteiger partial charge on any atom is -0.493 e. The van der Waals surface area contributed by atoms with Gasteiger partial charge in [-0.15, -0.1) is 0 Å². The number of hydrogen-bond donors (Lipinski definition) is 1. The molecule has 7 nitrogen and oxygen atoms in total. The highest BCUT2D eigenvalue weighted by Crippen LogP contribution is 2.40. The fraction of sp³-hybridized carbons (Fsp3) is 0.296. The molecule has 1 atom stereocenters. The molecule has 1 saturated heterocycles. The highest BCUT2D eigenvalue weighted by molar-refractivity contribution is 5.93. The van der Waals surface area contributed by atoms with Gasteiger partial charge in [-0.3, -0.25) is 0 Å². The van der Waals surface area contributed by atoms with E-state index < -0.39 is 17.6 Å². The number of hydrogen-bond acceptors (Lipinski definition) is 6. The molecule has 0 bridgehead atoms. The summed E-state index contributed by atoms with van der Waals surface area (Å²) in [5.74, 6) is -1.51. The number of pyridine rings is 1. The second-order valence-electron chi connectivity index (χ2n) is 9.59. The van der Waals surface area contributed by atoms with Gasteiger partial charge in [0.25, 0.3) is 0 Å². The zero-order valence-electron chi connectivity index (χ0n) is 20.1. The monoisotopic (exact) mass is 493 g/mol. The Morgan fingerprint density at radius 2 is 1.97 bits per heavy atom. The van der Waals surface area contributed by atoms with Gasteiger partial charge in [-0.25, -0.2) is 23.5 Å². The van der Waals surface area contributed by atoms with Crippen molar-refractivity contribution in [1.29, 1.82) is 0 Å².